The normalized spacial score (nSPS) is 11.7. The van der Waals surface area contributed by atoms with E-state index in [1.54, 1.807) is 0 Å². The molecule has 1 amide bonds. The van der Waals surface area contributed by atoms with Gasteiger partial charge in [0.1, 0.15) is 5.69 Å². The minimum absolute atomic E-state index is 0.0154. The van der Waals surface area contributed by atoms with Gasteiger partial charge in [0.15, 0.2) is 0 Å². The minimum atomic E-state index is -4.73. The maximum absolute atomic E-state index is 12.7. The van der Waals surface area contributed by atoms with Gasteiger partial charge in [0.25, 0.3) is 5.69 Å². The van der Waals surface area contributed by atoms with Crippen molar-refractivity contribution in [2.75, 3.05) is 28.2 Å². The average molecular weight is 454 g/mol. The Morgan fingerprint density at radius 2 is 1.93 bits per heavy atom. The second-order valence-electron chi connectivity index (χ2n) is 5.50. The van der Waals surface area contributed by atoms with Crippen LogP contribution in [-0.2, 0) is 21.0 Å². The standard InChI is InChI=1S/C13H13F3N6O5S2/c1-29(26,27)21-12-20-19-11(28-12)18-10(23)4-5-17-8-3-2-7(13(14,15)16)6-9(8)22(24)25/h2-3,6,17H,4-5H2,1H3,(H,20,21)(H,18,19,23). The number of nitrogens with one attached hydrogen (secondary N) is 3. The Bertz CT molecular complexity index is 1020. The van der Waals surface area contributed by atoms with Gasteiger partial charge >= 0.3 is 6.18 Å². The van der Waals surface area contributed by atoms with Crippen LogP contribution in [0.2, 0.25) is 0 Å². The number of carbonyl (C=O) groups is 1. The summed E-state index contributed by atoms with van der Waals surface area (Å²) in [5.41, 5.74) is -2.12. The van der Waals surface area contributed by atoms with Gasteiger partial charge < -0.3 is 10.6 Å². The molecule has 2 aromatic rings. The van der Waals surface area contributed by atoms with Gasteiger partial charge in [-0.2, -0.15) is 13.2 Å². The third-order valence-corrected chi connectivity index (χ3v) is 4.58. The van der Waals surface area contributed by atoms with E-state index in [4.69, 9.17) is 0 Å². The van der Waals surface area contributed by atoms with E-state index in [1.165, 1.54) is 0 Å². The van der Waals surface area contributed by atoms with Gasteiger partial charge in [0, 0.05) is 19.0 Å². The van der Waals surface area contributed by atoms with Crippen LogP contribution in [0, 0.1) is 10.1 Å². The summed E-state index contributed by atoms with van der Waals surface area (Å²) in [6.07, 6.45) is -4.01. The fourth-order valence-corrected chi connectivity index (χ4v) is 3.46. The predicted octanol–water partition coefficient (Wildman–Crippen LogP) is 2.28. The number of aromatic nitrogens is 2. The summed E-state index contributed by atoms with van der Waals surface area (Å²) in [6, 6.07) is 2.00. The summed E-state index contributed by atoms with van der Waals surface area (Å²) >= 11 is 0.767. The molecule has 3 N–H and O–H groups in total. The van der Waals surface area contributed by atoms with Gasteiger partial charge in [-0.3, -0.25) is 19.6 Å². The molecule has 11 nitrogen and oxygen atoms in total. The lowest BCUT2D eigenvalue weighted by atomic mass is 10.1. The number of amides is 1. The molecule has 0 fully saturated rings. The number of anilines is 3. The topological polar surface area (TPSA) is 156 Å². The van der Waals surface area contributed by atoms with Crippen molar-refractivity contribution in [1.82, 2.24) is 10.2 Å². The molecule has 0 saturated heterocycles. The highest BCUT2D eigenvalue weighted by molar-refractivity contribution is 7.92. The molecule has 0 radical (unpaired) electrons. The molecule has 0 saturated carbocycles. The number of carbonyl (C=O) groups excluding carboxylic acids is 1. The van der Waals surface area contributed by atoms with Crippen molar-refractivity contribution in [3.63, 3.8) is 0 Å². The third-order valence-electron chi connectivity index (χ3n) is 3.13. The van der Waals surface area contributed by atoms with Gasteiger partial charge in [-0.25, -0.2) is 8.42 Å². The van der Waals surface area contributed by atoms with Crippen LogP contribution in [0.25, 0.3) is 0 Å². The van der Waals surface area contributed by atoms with E-state index in [0.29, 0.717) is 12.1 Å². The van der Waals surface area contributed by atoms with Crippen molar-refractivity contribution in [1.29, 1.82) is 0 Å². The molecule has 0 spiro atoms. The first kappa shape index (κ1) is 22.3. The average Bonchev–Trinajstić information content (AvgIpc) is 2.98. The molecule has 29 heavy (non-hydrogen) atoms. The lowest BCUT2D eigenvalue weighted by Gasteiger charge is -2.10. The largest absolute Gasteiger partial charge is 0.416 e. The van der Waals surface area contributed by atoms with E-state index < -0.39 is 38.3 Å². The molecule has 1 aromatic heterocycles. The number of halogens is 3. The summed E-state index contributed by atoms with van der Waals surface area (Å²) in [7, 11) is -3.55. The van der Waals surface area contributed by atoms with E-state index in [1.807, 2.05) is 0 Å². The van der Waals surface area contributed by atoms with Crippen molar-refractivity contribution in [3.05, 3.63) is 33.9 Å². The van der Waals surface area contributed by atoms with Gasteiger partial charge in [-0.05, 0) is 12.1 Å². The highest BCUT2D eigenvalue weighted by atomic mass is 32.2. The van der Waals surface area contributed by atoms with Crippen LogP contribution in [0.5, 0.6) is 0 Å². The number of benzene rings is 1. The molecule has 0 aliphatic carbocycles. The van der Waals surface area contributed by atoms with E-state index in [2.05, 4.69) is 25.6 Å². The van der Waals surface area contributed by atoms with Gasteiger partial charge in [0.05, 0.1) is 16.7 Å². The van der Waals surface area contributed by atoms with Crippen LogP contribution in [0.3, 0.4) is 0 Å². The van der Waals surface area contributed by atoms with Crippen LogP contribution in [-0.4, -0.2) is 42.2 Å². The maximum atomic E-state index is 12.7. The van der Waals surface area contributed by atoms with E-state index in [-0.39, 0.29) is 28.9 Å². The van der Waals surface area contributed by atoms with Crippen molar-refractivity contribution in [2.45, 2.75) is 12.6 Å². The minimum Gasteiger partial charge on any atom is -0.379 e. The molecule has 0 aliphatic heterocycles. The quantitative estimate of drug-likeness (QED) is 0.405. The molecule has 1 aromatic carbocycles. The number of nitro groups is 1. The molecule has 0 atom stereocenters. The number of alkyl halides is 3. The predicted molar refractivity (Wildman–Crippen MR) is 98.2 cm³/mol. The van der Waals surface area contributed by atoms with E-state index >= 15 is 0 Å². The van der Waals surface area contributed by atoms with Crippen molar-refractivity contribution in [3.8, 4) is 0 Å². The Balaban J connectivity index is 1.94. The highest BCUT2D eigenvalue weighted by Gasteiger charge is 2.33. The summed E-state index contributed by atoms with van der Waals surface area (Å²) in [5, 5.41) is 22.9. The first-order valence-electron chi connectivity index (χ1n) is 7.56. The highest BCUT2D eigenvalue weighted by Crippen LogP contribution is 2.34. The Labute approximate surface area is 165 Å². The van der Waals surface area contributed by atoms with Crippen LogP contribution in [0.4, 0.5) is 34.8 Å². The SMILES string of the molecule is CS(=O)(=O)Nc1nnc(NC(=O)CCNc2ccc(C(F)(F)F)cc2[N+](=O)[O-])s1. The first-order chi connectivity index (χ1) is 13.3. The van der Waals surface area contributed by atoms with Crippen LogP contribution >= 0.6 is 11.3 Å². The molecule has 0 bridgehead atoms. The lowest BCUT2D eigenvalue weighted by molar-refractivity contribution is -0.384. The fraction of sp³-hybridized carbons (Fsp3) is 0.308. The molecule has 0 unspecified atom stereocenters. The second-order valence-corrected chi connectivity index (χ2v) is 8.22. The molecule has 1 heterocycles. The van der Waals surface area contributed by atoms with E-state index in [0.717, 1.165) is 23.7 Å². The molecule has 16 heteroatoms. The molecule has 158 valence electrons. The van der Waals surface area contributed by atoms with Gasteiger partial charge in [0.2, 0.25) is 26.2 Å². The number of hydrogen-bond acceptors (Lipinski definition) is 9. The zero-order valence-electron chi connectivity index (χ0n) is 14.5. The Hall–Kier alpha value is -3.01. The second kappa shape index (κ2) is 8.56. The summed E-state index contributed by atoms with van der Waals surface area (Å²) in [6.45, 7) is -0.120. The Morgan fingerprint density at radius 3 is 2.52 bits per heavy atom. The summed E-state index contributed by atoms with van der Waals surface area (Å²) in [5.74, 6) is -0.575. The number of hydrogen-bond donors (Lipinski definition) is 3. The van der Waals surface area contributed by atoms with Crippen LogP contribution in [0.15, 0.2) is 18.2 Å². The Kier molecular flexibility index (Phi) is 6.58. The molecule has 0 aliphatic rings. The lowest BCUT2D eigenvalue weighted by Crippen LogP contribution is -2.16. The third kappa shape index (κ3) is 6.83. The number of sulfonamides is 1. The van der Waals surface area contributed by atoms with Gasteiger partial charge in [-0.1, -0.05) is 11.3 Å². The van der Waals surface area contributed by atoms with E-state index in [9.17, 15) is 36.5 Å². The van der Waals surface area contributed by atoms with Crippen LogP contribution < -0.4 is 15.4 Å². The Morgan fingerprint density at radius 1 is 1.28 bits per heavy atom. The smallest absolute Gasteiger partial charge is 0.379 e. The maximum Gasteiger partial charge on any atom is 0.416 e. The number of nitro benzene ring substituents is 1. The molecular formula is C13H13F3N6O5S2. The van der Waals surface area contributed by atoms with Crippen molar-refractivity contribution < 1.29 is 31.3 Å². The number of rotatable bonds is 8. The first-order valence-corrected chi connectivity index (χ1v) is 10.3. The molecular weight excluding hydrogens is 441 g/mol. The van der Waals surface area contributed by atoms with Crippen LogP contribution in [0.1, 0.15) is 12.0 Å². The molecule has 2 rings (SSSR count). The zero-order chi connectivity index (χ0) is 21.8. The fourth-order valence-electron chi connectivity index (χ4n) is 1.97. The van der Waals surface area contributed by atoms with Crippen molar-refractivity contribution >= 4 is 48.9 Å². The summed E-state index contributed by atoms with van der Waals surface area (Å²) in [4.78, 5) is 21.9. The van der Waals surface area contributed by atoms with Gasteiger partial charge in [-0.15, -0.1) is 10.2 Å². The zero-order valence-corrected chi connectivity index (χ0v) is 16.1. The number of nitrogens with zero attached hydrogens (tertiary/aromatic N) is 3. The summed E-state index contributed by atoms with van der Waals surface area (Å²) < 4.78 is 62.3. The monoisotopic (exact) mass is 454 g/mol. The van der Waals surface area contributed by atoms with Crippen molar-refractivity contribution in [2.24, 2.45) is 0 Å².